The second kappa shape index (κ2) is 16.0. The lowest BCUT2D eigenvalue weighted by Gasteiger charge is -2.38. The molecule has 10 nitrogen and oxygen atoms in total. The number of hydrogen-bond donors (Lipinski definition) is 3. The first-order valence-corrected chi connectivity index (χ1v) is 18.4. The van der Waals surface area contributed by atoms with Crippen molar-refractivity contribution >= 4 is 29.1 Å². The number of piperidine rings is 3. The molecule has 3 saturated heterocycles. The molecule has 4 heterocycles. The van der Waals surface area contributed by atoms with Gasteiger partial charge >= 0.3 is 0 Å². The number of carbonyl (C=O) groups is 2. The smallest absolute Gasteiger partial charge is 0.267 e. The maximum absolute atomic E-state index is 12.0. The van der Waals surface area contributed by atoms with E-state index in [1.54, 1.807) is 0 Å². The summed E-state index contributed by atoms with van der Waals surface area (Å²) in [7, 11) is 1.97. The van der Waals surface area contributed by atoms with Crippen molar-refractivity contribution in [1.82, 2.24) is 25.5 Å². The molecule has 7 rings (SSSR count). The van der Waals surface area contributed by atoms with Gasteiger partial charge in [-0.05, 0) is 130 Å². The van der Waals surface area contributed by atoms with E-state index in [1.807, 2.05) is 31.4 Å². The van der Waals surface area contributed by atoms with Crippen LogP contribution in [0.5, 0.6) is 5.75 Å². The number of aryl methyl sites for hydroxylation is 1. The van der Waals surface area contributed by atoms with Crippen LogP contribution in [0.25, 0.3) is 11.3 Å². The van der Waals surface area contributed by atoms with Crippen LogP contribution in [-0.4, -0.2) is 72.6 Å². The normalized spacial score (nSPS) is 19.2. The van der Waals surface area contributed by atoms with Crippen molar-refractivity contribution in [3.63, 3.8) is 0 Å². The van der Waals surface area contributed by atoms with Gasteiger partial charge in [-0.2, -0.15) is 0 Å². The van der Waals surface area contributed by atoms with E-state index in [-0.39, 0.29) is 11.8 Å². The summed E-state index contributed by atoms with van der Waals surface area (Å²) in [5, 5.41) is 8.98. The van der Waals surface area contributed by atoms with Crippen LogP contribution in [0.2, 0.25) is 0 Å². The van der Waals surface area contributed by atoms with Gasteiger partial charge in [-0.1, -0.05) is 24.3 Å². The standard InChI is InChI=1S/C41H49N7O3/c1-28-25-32(3-4-33(28)26-42-2)37-15-20-43-41(45-37)44-34-7-5-30(6-8-34)31-18-21-47(22-19-31)27-29-16-23-48(24-17-29)35-9-11-36(12-10-35)51-38-13-14-39(49)46-40(38)50/h3-12,15,20,25,29,31,38,42H,13-14,16-19,21-24,26-27H2,1-2H3,(H,43,44,45)(H,46,49,50). The average molecular weight is 688 g/mol. The number of ether oxygens (including phenoxy) is 1. The number of amides is 2. The Labute approximate surface area is 301 Å². The number of carbonyl (C=O) groups excluding carboxylic acids is 2. The quantitative estimate of drug-likeness (QED) is 0.159. The number of likely N-dealkylation sites (tertiary alicyclic amines) is 1. The minimum Gasteiger partial charge on any atom is -0.481 e. The van der Waals surface area contributed by atoms with Gasteiger partial charge in [-0.3, -0.25) is 14.9 Å². The largest absolute Gasteiger partial charge is 0.481 e. The Kier molecular flexibility index (Phi) is 10.9. The van der Waals surface area contributed by atoms with Crippen molar-refractivity contribution in [3.8, 4) is 17.0 Å². The second-order valence-electron chi connectivity index (χ2n) is 14.2. The van der Waals surface area contributed by atoms with Crippen molar-refractivity contribution in [1.29, 1.82) is 0 Å². The third-order valence-corrected chi connectivity index (χ3v) is 10.7. The van der Waals surface area contributed by atoms with Gasteiger partial charge in [-0.25, -0.2) is 9.97 Å². The molecule has 0 aliphatic carbocycles. The van der Waals surface area contributed by atoms with Crippen LogP contribution in [0.15, 0.2) is 79.0 Å². The first-order valence-electron chi connectivity index (χ1n) is 18.4. The predicted octanol–water partition coefficient (Wildman–Crippen LogP) is 6.20. The fraction of sp³-hybridized carbons (Fsp3) is 0.415. The summed E-state index contributed by atoms with van der Waals surface area (Å²) in [5.74, 6) is 1.99. The van der Waals surface area contributed by atoms with Crippen molar-refractivity contribution in [2.45, 2.75) is 64.0 Å². The topological polar surface area (TPSA) is 112 Å². The van der Waals surface area contributed by atoms with Crippen LogP contribution in [0.4, 0.5) is 17.3 Å². The van der Waals surface area contributed by atoms with E-state index in [2.05, 4.69) is 92.3 Å². The molecule has 2 amide bonds. The molecule has 0 radical (unpaired) electrons. The summed E-state index contributed by atoms with van der Waals surface area (Å²) >= 11 is 0. The van der Waals surface area contributed by atoms with Crippen LogP contribution < -0.4 is 25.6 Å². The number of nitrogens with zero attached hydrogens (tertiary/aromatic N) is 4. The highest BCUT2D eigenvalue weighted by atomic mass is 16.5. The summed E-state index contributed by atoms with van der Waals surface area (Å²) in [5.41, 5.74) is 8.14. The number of benzene rings is 3. The first kappa shape index (κ1) is 34.6. The van der Waals surface area contributed by atoms with E-state index in [0.717, 1.165) is 55.6 Å². The Balaban J connectivity index is 0.840. The van der Waals surface area contributed by atoms with E-state index in [4.69, 9.17) is 9.72 Å². The Bertz CT molecular complexity index is 1800. The Morgan fingerprint density at radius 1 is 0.882 bits per heavy atom. The molecule has 3 aromatic carbocycles. The fourth-order valence-corrected chi connectivity index (χ4v) is 7.67. The molecule has 10 heteroatoms. The van der Waals surface area contributed by atoms with Gasteiger partial charge < -0.3 is 25.2 Å². The zero-order chi connectivity index (χ0) is 35.2. The monoisotopic (exact) mass is 687 g/mol. The second-order valence-corrected chi connectivity index (χ2v) is 14.2. The third kappa shape index (κ3) is 8.75. The molecule has 1 unspecified atom stereocenters. The Morgan fingerprint density at radius 3 is 2.35 bits per heavy atom. The first-order chi connectivity index (χ1) is 24.9. The van der Waals surface area contributed by atoms with E-state index >= 15 is 0 Å². The van der Waals surface area contributed by atoms with Crippen molar-refractivity contribution < 1.29 is 14.3 Å². The molecular formula is C41H49N7O3. The summed E-state index contributed by atoms with van der Waals surface area (Å²) < 4.78 is 5.85. The fourth-order valence-electron chi connectivity index (χ4n) is 7.67. The molecule has 3 fully saturated rings. The highest BCUT2D eigenvalue weighted by Crippen LogP contribution is 2.32. The van der Waals surface area contributed by atoms with Crippen LogP contribution in [0.1, 0.15) is 61.1 Å². The lowest BCUT2D eigenvalue weighted by atomic mass is 9.88. The van der Waals surface area contributed by atoms with Crippen LogP contribution in [0.3, 0.4) is 0 Å². The predicted molar refractivity (Wildman–Crippen MR) is 201 cm³/mol. The summed E-state index contributed by atoms with van der Waals surface area (Å²) in [6, 6.07) is 25.3. The summed E-state index contributed by atoms with van der Waals surface area (Å²) in [6.07, 6.45) is 6.71. The molecule has 3 N–H and O–H groups in total. The molecule has 4 aromatic rings. The number of anilines is 3. The molecule has 3 aliphatic heterocycles. The zero-order valence-electron chi connectivity index (χ0n) is 29.7. The van der Waals surface area contributed by atoms with E-state index in [1.165, 1.54) is 54.6 Å². The number of aromatic nitrogens is 2. The number of rotatable bonds is 11. The zero-order valence-corrected chi connectivity index (χ0v) is 29.7. The van der Waals surface area contributed by atoms with Gasteiger partial charge in [0.1, 0.15) is 5.75 Å². The Hall–Kier alpha value is -4.80. The van der Waals surface area contributed by atoms with Crippen LogP contribution in [0, 0.1) is 12.8 Å². The molecule has 266 valence electrons. The molecular weight excluding hydrogens is 638 g/mol. The SMILES string of the molecule is CNCc1ccc(-c2ccnc(Nc3ccc(C4CCN(CC5CCN(c6ccc(OC7CCC(=O)NC7=O)cc6)CC5)CC4)cc3)n2)cc1C. The van der Waals surface area contributed by atoms with E-state index in [9.17, 15) is 9.59 Å². The highest BCUT2D eigenvalue weighted by Gasteiger charge is 2.29. The molecule has 51 heavy (non-hydrogen) atoms. The van der Waals surface area contributed by atoms with E-state index in [0.29, 0.717) is 30.5 Å². The lowest BCUT2D eigenvalue weighted by Crippen LogP contribution is -2.46. The number of nitrogens with one attached hydrogen (secondary N) is 3. The Morgan fingerprint density at radius 2 is 1.65 bits per heavy atom. The van der Waals surface area contributed by atoms with Crippen molar-refractivity contribution in [3.05, 3.63) is 95.7 Å². The van der Waals surface area contributed by atoms with Crippen LogP contribution >= 0.6 is 0 Å². The molecule has 1 atom stereocenters. The summed E-state index contributed by atoms with van der Waals surface area (Å²) in [6.45, 7) is 8.57. The van der Waals surface area contributed by atoms with Gasteiger partial charge in [0.15, 0.2) is 6.10 Å². The average Bonchev–Trinajstić information content (AvgIpc) is 3.15. The van der Waals surface area contributed by atoms with Gasteiger partial charge in [0.05, 0.1) is 5.69 Å². The third-order valence-electron chi connectivity index (χ3n) is 10.7. The minimum atomic E-state index is -0.607. The maximum atomic E-state index is 12.0. The molecule has 0 spiro atoms. The van der Waals surface area contributed by atoms with Gasteiger partial charge in [0.2, 0.25) is 11.9 Å². The van der Waals surface area contributed by atoms with Gasteiger partial charge in [0.25, 0.3) is 5.91 Å². The maximum Gasteiger partial charge on any atom is 0.267 e. The highest BCUT2D eigenvalue weighted by molar-refractivity contribution is 5.99. The molecule has 3 aliphatic rings. The summed E-state index contributed by atoms with van der Waals surface area (Å²) in [4.78, 5) is 37.8. The van der Waals surface area contributed by atoms with Gasteiger partial charge in [-0.15, -0.1) is 0 Å². The van der Waals surface area contributed by atoms with Crippen molar-refractivity contribution in [2.75, 3.05) is 50.0 Å². The number of hydrogen-bond acceptors (Lipinski definition) is 9. The van der Waals surface area contributed by atoms with E-state index < -0.39 is 6.10 Å². The molecule has 1 aromatic heterocycles. The van der Waals surface area contributed by atoms with Crippen molar-refractivity contribution in [2.24, 2.45) is 5.92 Å². The van der Waals surface area contributed by atoms with Gasteiger partial charge in [0, 0.05) is 62.2 Å². The minimum absolute atomic E-state index is 0.231. The molecule has 0 bridgehead atoms. The number of imide groups is 1. The lowest BCUT2D eigenvalue weighted by molar-refractivity contribution is -0.138. The molecule has 0 saturated carbocycles. The van der Waals surface area contributed by atoms with Crippen LogP contribution in [-0.2, 0) is 16.1 Å².